The third kappa shape index (κ3) is 14.5. The standard InChI is InChI=1S/C15H21NO3.C14H20N2O3.C14H19NO3.3H2S/c1-10(2)13-9-19-14-7-11(15(17)18-4)5-6-12(14)8-16(13)3;1-9(2)12-8-19-13-6-10(14(17)15-18)4-5-11(13)7-16(12)3;1-9(2)12-8-18-13-6-10(14(16)17-3)4-5-11(13)7-15-12;;;/h5-7,10,13H,8-9H2,1-4H3;4-6,9,12,18H,7-8H2,1-3H3,(H,15,17);4-6,9,12,15H,7-8H2,1-3H3;3*1H2/t13-;2*12-;;;/m111.../s1. The quantitative estimate of drug-likeness (QED) is 0.145. The number of fused-ring (bicyclic) bond motifs is 3. The minimum Gasteiger partial charge on any atom is -0.492 e. The Kier molecular flexibility index (Phi) is 22.8. The monoisotopic (exact) mass is 878 g/mol. The van der Waals surface area contributed by atoms with Crippen molar-refractivity contribution in [3.8, 4) is 17.2 Å². The number of hydroxylamine groups is 1. The summed E-state index contributed by atoms with van der Waals surface area (Å²) in [5.74, 6) is 2.63. The maximum absolute atomic E-state index is 11.5. The van der Waals surface area contributed by atoms with Gasteiger partial charge in [-0.05, 0) is 68.2 Å². The van der Waals surface area contributed by atoms with Crippen molar-refractivity contribution in [2.45, 2.75) is 79.3 Å². The molecule has 0 fully saturated rings. The molecule has 0 saturated carbocycles. The van der Waals surface area contributed by atoms with Gasteiger partial charge in [0.05, 0.1) is 25.3 Å². The Morgan fingerprint density at radius 3 is 1.44 bits per heavy atom. The number of esters is 2. The van der Waals surface area contributed by atoms with Gasteiger partial charge in [-0.25, -0.2) is 15.1 Å². The molecule has 0 aliphatic carbocycles. The van der Waals surface area contributed by atoms with Crippen LogP contribution in [-0.4, -0.2) is 99.1 Å². The molecule has 16 heteroatoms. The molecule has 0 saturated heterocycles. The summed E-state index contributed by atoms with van der Waals surface area (Å²) in [6, 6.07) is 17.3. The number of ether oxygens (including phenoxy) is 5. The zero-order valence-corrected chi connectivity index (χ0v) is 39.0. The summed E-state index contributed by atoms with van der Waals surface area (Å²) >= 11 is 0. The summed E-state index contributed by atoms with van der Waals surface area (Å²) in [7, 11) is 6.96. The second-order valence-corrected chi connectivity index (χ2v) is 15.5. The van der Waals surface area contributed by atoms with Crippen LogP contribution >= 0.6 is 40.5 Å². The second kappa shape index (κ2) is 25.2. The SMILES string of the molecule is CC(C)[C@H]1COc2cc(C(=O)NO)ccc2CN1C.COC(=O)c1ccc2c(c1)OC[C@H](C(C)C)N(C)C2.COC(=O)c1ccc2c(c1)OC[C@H](C(C)C)NC2.S.S.S. The Balaban J connectivity index is 0.000000432. The van der Waals surface area contributed by atoms with Crippen LogP contribution in [0.5, 0.6) is 17.2 Å². The van der Waals surface area contributed by atoms with Crippen molar-refractivity contribution >= 4 is 58.3 Å². The molecule has 1 amide bonds. The Morgan fingerprint density at radius 2 is 1.03 bits per heavy atom. The van der Waals surface area contributed by atoms with Crippen molar-refractivity contribution in [3.05, 3.63) is 88.0 Å². The number of rotatable bonds is 6. The van der Waals surface area contributed by atoms with E-state index in [0.717, 1.165) is 53.6 Å². The van der Waals surface area contributed by atoms with E-state index in [0.29, 0.717) is 72.4 Å². The molecule has 3 aromatic rings. The van der Waals surface area contributed by atoms with Crippen molar-refractivity contribution in [2.75, 3.05) is 48.1 Å². The fourth-order valence-electron chi connectivity index (χ4n) is 6.86. The number of hydrogen-bond acceptors (Lipinski definition) is 12. The second-order valence-electron chi connectivity index (χ2n) is 15.5. The molecule has 0 aromatic heterocycles. The zero-order valence-electron chi connectivity index (χ0n) is 36.0. The Labute approximate surface area is 371 Å². The van der Waals surface area contributed by atoms with E-state index in [2.05, 4.69) is 70.8 Å². The van der Waals surface area contributed by atoms with Gasteiger partial charge in [0, 0.05) is 60.0 Å². The largest absolute Gasteiger partial charge is 0.492 e. The predicted molar refractivity (Wildman–Crippen MR) is 245 cm³/mol. The van der Waals surface area contributed by atoms with Gasteiger partial charge >= 0.3 is 11.9 Å². The van der Waals surface area contributed by atoms with E-state index in [1.165, 1.54) is 14.2 Å². The van der Waals surface area contributed by atoms with Crippen LogP contribution in [-0.2, 0) is 29.1 Å². The average molecular weight is 879 g/mol. The third-order valence-electron chi connectivity index (χ3n) is 10.5. The van der Waals surface area contributed by atoms with Crippen molar-refractivity contribution in [2.24, 2.45) is 17.8 Å². The van der Waals surface area contributed by atoms with Gasteiger partial charge in [-0.2, -0.15) is 40.5 Å². The summed E-state index contributed by atoms with van der Waals surface area (Å²) < 4.78 is 26.9. The van der Waals surface area contributed by atoms with Gasteiger partial charge in [0.2, 0.25) is 0 Å². The summed E-state index contributed by atoms with van der Waals surface area (Å²) in [4.78, 5) is 39.0. The van der Waals surface area contributed by atoms with E-state index >= 15 is 0 Å². The van der Waals surface area contributed by atoms with Gasteiger partial charge < -0.3 is 29.0 Å². The fourth-order valence-corrected chi connectivity index (χ4v) is 6.86. The van der Waals surface area contributed by atoms with Crippen LogP contribution in [0.15, 0.2) is 54.6 Å². The van der Waals surface area contributed by atoms with E-state index < -0.39 is 5.91 Å². The van der Waals surface area contributed by atoms with Crippen molar-refractivity contribution in [1.29, 1.82) is 0 Å². The van der Waals surface area contributed by atoms with Crippen LogP contribution < -0.4 is 25.0 Å². The minimum atomic E-state index is -0.524. The number of carbonyl (C=O) groups excluding carboxylic acids is 3. The molecule has 3 atom stereocenters. The lowest BCUT2D eigenvalue weighted by atomic mass is 10.0. The Hall–Kier alpha value is -3.64. The summed E-state index contributed by atoms with van der Waals surface area (Å²) in [5.41, 5.74) is 6.33. The lowest BCUT2D eigenvalue weighted by Crippen LogP contribution is -2.38. The number of methoxy groups -OCH3 is 2. The molecule has 3 heterocycles. The molecule has 0 radical (unpaired) electrons. The van der Waals surface area contributed by atoms with E-state index in [1.807, 2.05) is 18.2 Å². The first-order valence-corrected chi connectivity index (χ1v) is 19.2. The summed E-state index contributed by atoms with van der Waals surface area (Å²) in [5, 5.41) is 12.1. The third-order valence-corrected chi connectivity index (χ3v) is 10.5. The number of carbonyl (C=O) groups is 3. The highest BCUT2D eigenvalue weighted by Gasteiger charge is 2.27. The van der Waals surface area contributed by atoms with Crippen LogP contribution in [0, 0.1) is 17.8 Å². The van der Waals surface area contributed by atoms with Crippen LogP contribution in [0.25, 0.3) is 0 Å². The minimum absolute atomic E-state index is 0. The van der Waals surface area contributed by atoms with Gasteiger partial charge in [0.25, 0.3) is 5.91 Å². The van der Waals surface area contributed by atoms with E-state index in [9.17, 15) is 14.4 Å². The molecular formula is C43H66N4O9S3. The van der Waals surface area contributed by atoms with E-state index in [-0.39, 0.29) is 52.4 Å². The number of hydrogen-bond donors (Lipinski definition) is 3. The smallest absolute Gasteiger partial charge is 0.337 e. The lowest BCUT2D eigenvalue weighted by molar-refractivity contribution is 0.0591. The van der Waals surface area contributed by atoms with Crippen molar-refractivity contribution in [1.82, 2.24) is 20.6 Å². The maximum Gasteiger partial charge on any atom is 0.337 e. The first kappa shape index (κ1) is 53.4. The number of benzene rings is 3. The van der Waals surface area contributed by atoms with Gasteiger partial charge in [-0.3, -0.25) is 19.8 Å². The number of nitrogens with one attached hydrogen (secondary N) is 2. The van der Waals surface area contributed by atoms with Gasteiger partial charge in [-0.15, -0.1) is 0 Å². The highest BCUT2D eigenvalue weighted by Crippen LogP contribution is 2.29. The van der Waals surface area contributed by atoms with E-state index in [1.54, 1.807) is 41.9 Å². The van der Waals surface area contributed by atoms with Gasteiger partial charge in [-0.1, -0.05) is 59.7 Å². The lowest BCUT2D eigenvalue weighted by Gasteiger charge is -2.27. The molecule has 0 bridgehead atoms. The fraction of sp³-hybridized carbons (Fsp3) is 0.512. The molecule has 13 nitrogen and oxygen atoms in total. The molecule has 3 aromatic carbocycles. The first-order valence-electron chi connectivity index (χ1n) is 19.2. The Morgan fingerprint density at radius 1 is 0.644 bits per heavy atom. The number of likely N-dealkylation sites (N-methyl/N-ethyl adjacent to an activating group) is 2. The zero-order chi connectivity index (χ0) is 41.1. The van der Waals surface area contributed by atoms with Crippen LogP contribution in [0.3, 0.4) is 0 Å². The van der Waals surface area contributed by atoms with Crippen LogP contribution in [0.4, 0.5) is 0 Å². The van der Waals surface area contributed by atoms with E-state index in [4.69, 9.17) is 28.9 Å². The van der Waals surface area contributed by atoms with Crippen molar-refractivity contribution in [3.63, 3.8) is 0 Å². The normalized spacial score (nSPS) is 18.3. The molecule has 59 heavy (non-hydrogen) atoms. The molecule has 330 valence electrons. The molecule has 0 unspecified atom stereocenters. The summed E-state index contributed by atoms with van der Waals surface area (Å²) in [6.07, 6.45) is 0. The molecule has 0 spiro atoms. The van der Waals surface area contributed by atoms with Crippen LogP contribution in [0.2, 0.25) is 0 Å². The first-order chi connectivity index (χ1) is 26.7. The van der Waals surface area contributed by atoms with Gasteiger partial charge in [0.15, 0.2) is 0 Å². The van der Waals surface area contributed by atoms with Gasteiger partial charge in [0.1, 0.15) is 37.1 Å². The highest BCUT2D eigenvalue weighted by molar-refractivity contribution is 7.59. The van der Waals surface area contributed by atoms with Crippen molar-refractivity contribution < 1.29 is 43.3 Å². The number of amides is 1. The molecule has 3 N–H and O–H groups in total. The highest BCUT2D eigenvalue weighted by atomic mass is 32.1. The molecule has 3 aliphatic rings. The maximum atomic E-state index is 11.5. The number of nitrogens with zero attached hydrogens (tertiary/aromatic N) is 2. The molecule has 3 aliphatic heterocycles. The van der Waals surface area contributed by atoms with Crippen LogP contribution in [0.1, 0.15) is 89.3 Å². The topological polar surface area (TPSA) is 148 Å². The summed E-state index contributed by atoms with van der Waals surface area (Å²) in [6.45, 7) is 17.3. The Bertz CT molecular complexity index is 1730. The average Bonchev–Trinajstić information content (AvgIpc) is 3.58. The predicted octanol–water partition coefficient (Wildman–Crippen LogP) is 6.29. The molecular weight excluding hydrogens is 813 g/mol. The molecule has 6 rings (SSSR count).